The Kier molecular flexibility index (Phi) is 6.26. The van der Waals surface area contributed by atoms with Crippen LogP contribution < -0.4 is 9.47 Å². The predicted molar refractivity (Wildman–Crippen MR) is 109 cm³/mol. The van der Waals surface area contributed by atoms with Gasteiger partial charge in [-0.3, -0.25) is 0 Å². The summed E-state index contributed by atoms with van der Waals surface area (Å²) in [5.41, 5.74) is 3.76. The van der Waals surface area contributed by atoms with Gasteiger partial charge in [0, 0.05) is 12.8 Å². The second-order valence-electron chi connectivity index (χ2n) is 7.77. The molecule has 0 bridgehead atoms. The minimum atomic E-state index is -1.40. The van der Waals surface area contributed by atoms with Crippen LogP contribution in [0, 0.1) is 0 Å². The molecule has 4 rings (SSSR count). The van der Waals surface area contributed by atoms with Gasteiger partial charge >= 0.3 is 0 Å². The fourth-order valence-corrected chi connectivity index (χ4v) is 4.18. The standard InChI is InChI=1S/C23H28O7/c1-2-28-17-5-3-13(4-6-17)9-15-11-16(10-14-7-8-29-22(14)15)23-21(27)20(26)19(25)18(12-24)30-23/h3-6,10-11,18-21,23-27H,2,7-9,12H2,1H3/t18-,19-,20+,21-,23+/m1/s1. The average Bonchev–Trinajstić information content (AvgIpc) is 3.23. The Hall–Kier alpha value is -2.16. The summed E-state index contributed by atoms with van der Waals surface area (Å²) in [6, 6.07) is 11.7. The van der Waals surface area contributed by atoms with E-state index in [2.05, 4.69) is 0 Å². The summed E-state index contributed by atoms with van der Waals surface area (Å²) in [7, 11) is 0. The van der Waals surface area contributed by atoms with Crippen molar-refractivity contribution in [2.75, 3.05) is 19.8 Å². The van der Waals surface area contributed by atoms with E-state index < -0.39 is 37.1 Å². The summed E-state index contributed by atoms with van der Waals surface area (Å²) < 4.78 is 17.1. The molecule has 7 heteroatoms. The lowest BCUT2D eigenvalue weighted by Gasteiger charge is -2.40. The Morgan fingerprint density at radius 1 is 1.03 bits per heavy atom. The molecule has 30 heavy (non-hydrogen) atoms. The zero-order chi connectivity index (χ0) is 21.3. The highest BCUT2D eigenvalue weighted by atomic mass is 16.5. The molecule has 5 atom stereocenters. The summed E-state index contributed by atoms with van der Waals surface area (Å²) in [4.78, 5) is 0. The van der Waals surface area contributed by atoms with Gasteiger partial charge in [-0.05, 0) is 53.4 Å². The third-order valence-electron chi connectivity index (χ3n) is 5.73. The highest BCUT2D eigenvalue weighted by Gasteiger charge is 2.44. The van der Waals surface area contributed by atoms with E-state index in [1.807, 2.05) is 43.3 Å². The maximum atomic E-state index is 10.5. The van der Waals surface area contributed by atoms with Crippen molar-refractivity contribution >= 4 is 0 Å². The lowest BCUT2D eigenvalue weighted by atomic mass is 9.88. The fourth-order valence-electron chi connectivity index (χ4n) is 4.18. The van der Waals surface area contributed by atoms with E-state index >= 15 is 0 Å². The van der Waals surface area contributed by atoms with Gasteiger partial charge in [0.05, 0.1) is 19.8 Å². The Morgan fingerprint density at radius 3 is 2.50 bits per heavy atom. The summed E-state index contributed by atoms with van der Waals surface area (Å²) >= 11 is 0. The minimum Gasteiger partial charge on any atom is -0.494 e. The van der Waals surface area contributed by atoms with E-state index in [-0.39, 0.29) is 0 Å². The molecule has 0 aromatic heterocycles. The normalized spacial score (nSPS) is 28.1. The van der Waals surface area contributed by atoms with Gasteiger partial charge in [0.15, 0.2) is 0 Å². The number of hydrogen-bond donors (Lipinski definition) is 4. The van der Waals surface area contributed by atoms with Crippen LogP contribution in [0.2, 0.25) is 0 Å². The smallest absolute Gasteiger partial charge is 0.126 e. The van der Waals surface area contributed by atoms with Crippen molar-refractivity contribution in [3.63, 3.8) is 0 Å². The first-order chi connectivity index (χ1) is 14.5. The summed E-state index contributed by atoms with van der Waals surface area (Å²) in [6.07, 6.45) is -4.50. The number of fused-ring (bicyclic) bond motifs is 1. The molecule has 0 amide bonds. The van der Waals surface area contributed by atoms with Gasteiger partial charge in [0.2, 0.25) is 0 Å². The van der Waals surface area contributed by atoms with E-state index in [1.165, 1.54) is 0 Å². The number of benzene rings is 2. The summed E-state index contributed by atoms with van der Waals surface area (Å²) in [5, 5.41) is 40.2. The van der Waals surface area contributed by atoms with E-state index in [0.717, 1.165) is 34.6 Å². The number of ether oxygens (including phenoxy) is 3. The van der Waals surface area contributed by atoms with Gasteiger partial charge in [-0.25, -0.2) is 0 Å². The molecule has 0 spiro atoms. The second kappa shape index (κ2) is 8.91. The van der Waals surface area contributed by atoms with Gasteiger partial charge in [0.25, 0.3) is 0 Å². The first kappa shape index (κ1) is 21.1. The van der Waals surface area contributed by atoms with Crippen LogP contribution in [0.25, 0.3) is 0 Å². The van der Waals surface area contributed by atoms with Crippen molar-refractivity contribution in [3.8, 4) is 11.5 Å². The van der Waals surface area contributed by atoms with Crippen LogP contribution in [0.3, 0.4) is 0 Å². The van der Waals surface area contributed by atoms with Crippen molar-refractivity contribution in [3.05, 3.63) is 58.7 Å². The second-order valence-corrected chi connectivity index (χ2v) is 7.77. The molecular formula is C23H28O7. The average molecular weight is 416 g/mol. The molecule has 2 aliphatic heterocycles. The molecule has 7 nitrogen and oxygen atoms in total. The quantitative estimate of drug-likeness (QED) is 0.559. The number of rotatable bonds is 6. The first-order valence-corrected chi connectivity index (χ1v) is 10.3. The molecule has 4 N–H and O–H groups in total. The molecule has 0 radical (unpaired) electrons. The van der Waals surface area contributed by atoms with Crippen molar-refractivity contribution < 1.29 is 34.6 Å². The van der Waals surface area contributed by atoms with Crippen molar-refractivity contribution in [1.29, 1.82) is 0 Å². The SMILES string of the molecule is CCOc1ccc(Cc2cc([C@@H]3O[C@H](CO)[C@@H](O)[C@H](O)[C@H]3O)cc3c2OCC3)cc1. The van der Waals surface area contributed by atoms with Gasteiger partial charge in [-0.2, -0.15) is 0 Å². The molecule has 2 heterocycles. The third kappa shape index (κ3) is 4.04. The van der Waals surface area contributed by atoms with Crippen LogP contribution in [0.4, 0.5) is 0 Å². The molecule has 2 aromatic rings. The molecule has 2 aromatic carbocycles. The monoisotopic (exact) mass is 416 g/mol. The Bertz CT molecular complexity index is 865. The van der Waals surface area contributed by atoms with Crippen molar-refractivity contribution in [2.45, 2.75) is 50.3 Å². The van der Waals surface area contributed by atoms with Crippen molar-refractivity contribution in [1.82, 2.24) is 0 Å². The van der Waals surface area contributed by atoms with Crippen molar-refractivity contribution in [2.24, 2.45) is 0 Å². The molecular weight excluding hydrogens is 388 g/mol. The Balaban J connectivity index is 1.64. The van der Waals surface area contributed by atoms with Gasteiger partial charge in [0.1, 0.15) is 42.0 Å². The number of hydrogen-bond acceptors (Lipinski definition) is 7. The zero-order valence-electron chi connectivity index (χ0n) is 16.9. The highest BCUT2D eigenvalue weighted by Crippen LogP contribution is 2.39. The molecule has 0 unspecified atom stereocenters. The zero-order valence-corrected chi connectivity index (χ0v) is 16.9. The lowest BCUT2D eigenvalue weighted by molar-refractivity contribution is -0.231. The maximum absolute atomic E-state index is 10.5. The Morgan fingerprint density at radius 2 is 1.80 bits per heavy atom. The lowest BCUT2D eigenvalue weighted by Crippen LogP contribution is -2.55. The molecule has 0 saturated carbocycles. The van der Waals surface area contributed by atoms with Crippen LogP contribution in [-0.4, -0.2) is 64.7 Å². The third-order valence-corrected chi connectivity index (χ3v) is 5.73. The van der Waals surface area contributed by atoms with Crippen LogP contribution in [0.15, 0.2) is 36.4 Å². The molecule has 1 fully saturated rings. The summed E-state index contributed by atoms with van der Waals surface area (Å²) in [6.45, 7) is 2.69. The van der Waals surface area contributed by atoms with E-state index in [1.54, 1.807) is 0 Å². The molecule has 1 saturated heterocycles. The van der Waals surface area contributed by atoms with E-state index in [4.69, 9.17) is 14.2 Å². The first-order valence-electron chi connectivity index (χ1n) is 10.3. The van der Waals surface area contributed by atoms with Crippen LogP contribution in [0.1, 0.15) is 35.3 Å². The number of aliphatic hydroxyl groups is 4. The molecule has 162 valence electrons. The number of aliphatic hydroxyl groups excluding tert-OH is 4. The molecule has 0 aliphatic carbocycles. The van der Waals surface area contributed by atoms with Crippen LogP contribution in [0.5, 0.6) is 11.5 Å². The topological polar surface area (TPSA) is 109 Å². The maximum Gasteiger partial charge on any atom is 0.126 e. The predicted octanol–water partition coefficient (Wildman–Crippen LogP) is 1.13. The van der Waals surface area contributed by atoms with E-state index in [9.17, 15) is 20.4 Å². The van der Waals surface area contributed by atoms with Crippen LogP contribution >= 0.6 is 0 Å². The van der Waals surface area contributed by atoms with Gasteiger partial charge < -0.3 is 34.6 Å². The largest absolute Gasteiger partial charge is 0.494 e. The highest BCUT2D eigenvalue weighted by molar-refractivity contribution is 5.50. The minimum absolute atomic E-state index is 0.450. The molecule has 2 aliphatic rings. The summed E-state index contributed by atoms with van der Waals surface area (Å²) in [5.74, 6) is 1.66. The Labute approximate surface area is 175 Å². The van der Waals surface area contributed by atoms with Gasteiger partial charge in [-0.15, -0.1) is 0 Å². The van der Waals surface area contributed by atoms with Gasteiger partial charge in [-0.1, -0.05) is 12.1 Å². The van der Waals surface area contributed by atoms with E-state index in [0.29, 0.717) is 25.2 Å². The van der Waals surface area contributed by atoms with Crippen LogP contribution in [-0.2, 0) is 17.6 Å². The fraction of sp³-hybridized carbons (Fsp3) is 0.478.